The summed E-state index contributed by atoms with van der Waals surface area (Å²) in [6.45, 7) is 1.97. The van der Waals surface area contributed by atoms with Crippen molar-refractivity contribution < 1.29 is 4.39 Å². The molecule has 0 aromatic heterocycles. The fraction of sp³-hybridized carbons (Fsp3) is 0.455. The third-order valence-corrected chi connectivity index (χ3v) is 3.19. The van der Waals surface area contributed by atoms with Gasteiger partial charge >= 0.3 is 0 Å². The lowest BCUT2D eigenvalue weighted by molar-refractivity contribution is 0.446. The molecule has 1 fully saturated rings. The van der Waals surface area contributed by atoms with Gasteiger partial charge in [-0.1, -0.05) is 22.0 Å². The SMILES string of the molecule is Fc1cc(Br)ccc1C1CCCNC1. The molecule has 1 nitrogen and oxygen atoms in total. The standard InChI is InChI=1S/C11H13BrFN/c12-9-3-4-10(11(13)6-9)8-2-1-5-14-7-8/h3-4,6,8,14H,1-2,5,7H2. The molecule has 76 valence electrons. The molecular formula is C11H13BrFN. The van der Waals surface area contributed by atoms with Crippen molar-refractivity contribution in [2.24, 2.45) is 0 Å². The summed E-state index contributed by atoms with van der Waals surface area (Å²) >= 11 is 3.26. The van der Waals surface area contributed by atoms with Crippen molar-refractivity contribution in [1.29, 1.82) is 0 Å². The highest BCUT2D eigenvalue weighted by molar-refractivity contribution is 9.10. The van der Waals surface area contributed by atoms with Crippen LogP contribution in [0.3, 0.4) is 0 Å². The zero-order valence-electron chi connectivity index (χ0n) is 7.89. The van der Waals surface area contributed by atoms with E-state index in [0.717, 1.165) is 36.0 Å². The molecule has 1 atom stereocenters. The van der Waals surface area contributed by atoms with E-state index >= 15 is 0 Å². The van der Waals surface area contributed by atoms with E-state index in [1.165, 1.54) is 0 Å². The van der Waals surface area contributed by atoms with E-state index in [0.29, 0.717) is 5.92 Å². The molecule has 0 saturated carbocycles. The minimum absolute atomic E-state index is 0.0897. The Morgan fingerprint density at radius 1 is 1.43 bits per heavy atom. The summed E-state index contributed by atoms with van der Waals surface area (Å²) in [4.78, 5) is 0. The number of hydrogen-bond donors (Lipinski definition) is 1. The Labute approximate surface area is 91.8 Å². The highest BCUT2D eigenvalue weighted by Gasteiger charge is 2.18. The van der Waals surface area contributed by atoms with Crippen LogP contribution in [0.15, 0.2) is 22.7 Å². The number of rotatable bonds is 1. The summed E-state index contributed by atoms with van der Waals surface area (Å²) in [6, 6.07) is 5.34. The predicted molar refractivity (Wildman–Crippen MR) is 58.9 cm³/mol. The minimum Gasteiger partial charge on any atom is -0.316 e. The smallest absolute Gasteiger partial charge is 0.127 e. The van der Waals surface area contributed by atoms with Gasteiger partial charge in [-0.25, -0.2) is 4.39 Å². The van der Waals surface area contributed by atoms with Crippen LogP contribution in [0.5, 0.6) is 0 Å². The van der Waals surface area contributed by atoms with E-state index in [1.807, 2.05) is 12.1 Å². The van der Waals surface area contributed by atoms with Crippen molar-refractivity contribution in [3.8, 4) is 0 Å². The van der Waals surface area contributed by atoms with Crippen molar-refractivity contribution in [2.45, 2.75) is 18.8 Å². The quantitative estimate of drug-likeness (QED) is 0.816. The third kappa shape index (κ3) is 2.15. The van der Waals surface area contributed by atoms with Crippen LogP contribution in [0.1, 0.15) is 24.3 Å². The summed E-state index contributed by atoms with van der Waals surface area (Å²) in [5.74, 6) is 0.255. The summed E-state index contributed by atoms with van der Waals surface area (Å²) < 4.78 is 14.4. The number of nitrogens with one attached hydrogen (secondary N) is 1. The van der Waals surface area contributed by atoms with Crippen LogP contribution in [0, 0.1) is 5.82 Å². The maximum absolute atomic E-state index is 13.6. The first-order valence-corrected chi connectivity index (χ1v) is 5.72. The van der Waals surface area contributed by atoms with Gasteiger partial charge < -0.3 is 5.32 Å². The van der Waals surface area contributed by atoms with Gasteiger partial charge in [0.1, 0.15) is 5.82 Å². The molecule has 1 heterocycles. The maximum Gasteiger partial charge on any atom is 0.127 e. The molecule has 1 N–H and O–H groups in total. The van der Waals surface area contributed by atoms with Crippen LogP contribution in [0.25, 0.3) is 0 Å². The van der Waals surface area contributed by atoms with E-state index in [-0.39, 0.29) is 5.82 Å². The molecule has 0 amide bonds. The molecule has 2 rings (SSSR count). The van der Waals surface area contributed by atoms with Crippen LogP contribution < -0.4 is 5.32 Å². The summed E-state index contributed by atoms with van der Waals surface area (Å²) in [7, 11) is 0. The molecule has 0 radical (unpaired) electrons. The molecule has 1 unspecified atom stereocenters. The lowest BCUT2D eigenvalue weighted by Crippen LogP contribution is -2.28. The van der Waals surface area contributed by atoms with Crippen LogP contribution >= 0.6 is 15.9 Å². The van der Waals surface area contributed by atoms with Gasteiger partial charge in [-0.15, -0.1) is 0 Å². The Balaban J connectivity index is 2.22. The largest absolute Gasteiger partial charge is 0.316 e. The topological polar surface area (TPSA) is 12.0 Å². The van der Waals surface area contributed by atoms with Crippen LogP contribution in [0.2, 0.25) is 0 Å². The Bertz CT molecular complexity index is 321. The van der Waals surface area contributed by atoms with Crippen molar-refractivity contribution in [1.82, 2.24) is 5.32 Å². The number of hydrogen-bond acceptors (Lipinski definition) is 1. The van der Waals surface area contributed by atoms with Gasteiger partial charge in [-0.05, 0) is 43.0 Å². The third-order valence-electron chi connectivity index (χ3n) is 2.70. The van der Waals surface area contributed by atoms with Gasteiger partial charge in [0, 0.05) is 11.0 Å². The van der Waals surface area contributed by atoms with Crippen LogP contribution in [-0.2, 0) is 0 Å². The van der Waals surface area contributed by atoms with Crippen LogP contribution in [-0.4, -0.2) is 13.1 Å². The van der Waals surface area contributed by atoms with E-state index in [9.17, 15) is 4.39 Å². The van der Waals surface area contributed by atoms with E-state index < -0.39 is 0 Å². The second kappa shape index (κ2) is 4.41. The first-order valence-electron chi connectivity index (χ1n) is 4.93. The van der Waals surface area contributed by atoms with Crippen molar-refractivity contribution >= 4 is 15.9 Å². The molecule has 0 bridgehead atoms. The fourth-order valence-corrected chi connectivity index (χ4v) is 2.28. The Morgan fingerprint density at radius 2 is 2.29 bits per heavy atom. The average Bonchev–Trinajstić information content (AvgIpc) is 2.19. The normalized spacial score (nSPS) is 22.3. The Hall–Kier alpha value is -0.410. The highest BCUT2D eigenvalue weighted by Crippen LogP contribution is 2.27. The average molecular weight is 258 g/mol. The second-order valence-corrected chi connectivity index (χ2v) is 4.62. The minimum atomic E-state index is -0.0897. The molecular weight excluding hydrogens is 245 g/mol. The van der Waals surface area contributed by atoms with Crippen molar-refractivity contribution in [2.75, 3.05) is 13.1 Å². The molecule has 1 aromatic rings. The first kappa shape index (κ1) is 10.1. The van der Waals surface area contributed by atoms with Crippen LogP contribution in [0.4, 0.5) is 4.39 Å². The van der Waals surface area contributed by atoms with Gasteiger partial charge in [0.05, 0.1) is 0 Å². The van der Waals surface area contributed by atoms with Gasteiger partial charge in [0.2, 0.25) is 0 Å². The number of benzene rings is 1. The van der Waals surface area contributed by atoms with Crippen molar-refractivity contribution in [3.63, 3.8) is 0 Å². The first-order chi connectivity index (χ1) is 6.77. The monoisotopic (exact) mass is 257 g/mol. The van der Waals surface area contributed by atoms with Gasteiger partial charge in [0.25, 0.3) is 0 Å². The molecule has 1 aliphatic rings. The van der Waals surface area contributed by atoms with Gasteiger partial charge in [-0.3, -0.25) is 0 Å². The summed E-state index contributed by atoms with van der Waals surface area (Å²) in [5.41, 5.74) is 0.848. The molecule has 0 spiro atoms. The fourth-order valence-electron chi connectivity index (χ4n) is 1.95. The molecule has 0 aliphatic carbocycles. The molecule has 1 saturated heterocycles. The maximum atomic E-state index is 13.6. The molecule has 1 aliphatic heterocycles. The highest BCUT2D eigenvalue weighted by atomic mass is 79.9. The lowest BCUT2D eigenvalue weighted by Gasteiger charge is -2.23. The molecule has 3 heteroatoms. The molecule has 14 heavy (non-hydrogen) atoms. The number of halogens is 2. The van der Waals surface area contributed by atoms with Gasteiger partial charge in [0.15, 0.2) is 0 Å². The van der Waals surface area contributed by atoms with E-state index in [4.69, 9.17) is 0 Å². The van der Waals surface area contributed by atoms with Gasteiger partial charge in [-0.2, -0.15) is 0 Å². The number of piperidine rings is 1. The summed E-state index contributed by atoms with van der Waals surface area (Å²) in [5, 5.41) is 3.30. The van der Waals surface area contributed by atoms with Crippen molar-refractivity contribution in [3.05, 3.63) is 34.1 Å². The second-order valence-electron chi connectivity index (χ2n) is 3.71. The van der Waals surface area contributed by atoms with E-state index in [2.05, 4.69) is 21.2 Å². The zero-order valence-corrected chi connectivity index (χ0v) is 9.48. The lowest BCUT2D eigenvalue weighted by atomic mass is 9.91. The zero-order chi connectivity index (χ0) is 9.97. The Morgan fingerprint density at radius 3 is 2.93 bits per heavy atom. The summed E-state index contributed by atoms with van der Waals surface area (Å²) in [6.07, 6.45) is 2.23. The predicted octanol–water partition coefficient (Wildman–Crippen LogP) is 3.06. The molecule has 1 aromatic carbocycles. The van der Waals surface area contributed by atoms with E-state index in [1.54, 1.807) is 6.07 Å². The Kier molecular flexibility index (Phi) is 3.19.